The van der Waals surface area contributed by atoms with Crippen molar-refractivity contribution in [1.82, 2.24) is 30.1 Å². The molecule has 0 aliphatic rings. The van der Waals surface area contributed by atoms with Crippen LogP contribution in [0, 0.1) is 6.92 Å². The Morgan fingerprint density at radius 2 is 1.83 bits per heavy atom. The number of benzene rings is 2. The van der Waals surface area contributed by atoms with Gasteiger partial charge in [0.05, 0.1) is 18.3 Å². The van der Waals surface area contributed by atoms with Gasteiger partial charge in [0.15, 0.2) is 5.82 Å². The van der Waals surface area contributed by atoms with Gasteiger partial charge in [-0.05, 0) is 78.9 Å². The Labute approximate surface area is 209 Å². The molecule has 0 fully saturated rings. The maximum atomic E-state index is 13.6. The van der Waals surface area contributed by atoms with E-state index in [4.69, 9.17) is 4.42 Å². The minimum Gasteiger partial charge on any atom is -0.468 e. The van der Waals surface area contributed by atoms with E-state index >= 15 is 0 Å². The van der Waals surface area contributed by atoms with Crippen molar-refractivity contribution in [2.75, 3.05) is 0 Å². The third kappa shape index (κ3) is 4.85. The number of fused-ring (bicyclic) bond motifs is 1. The fourth-order valence-electron chi connectivity index (χ4n) is 4.54. The zero-order valence-corrected chi connectivity index (χ0v) is 21.0. The second kappa shape index (κ2) is 9.54. The average molecular weight is 483 g/mol. The number of aromatic nitrogens is 5. The van der Waals surface area contributed by atoms with Crippen LogP contribution in [0.5, 0.6) is 0 Å². The van der Waals surface area contributed by atoms with E-state index < -0.39 is 6.04 Å². The average Bonchev–Trinajstić information content (AvgIpc) is 3.53. The number of nitrogens with one attached hydrogen (secondary N) is 1. The van der Waals surface area contributed by atoms with Gasteiger partial charge in [-0.3, -0.25) is 9.69 Å². The molecule has 0 spiro atoms. The fraction of sp³-hybridized carbons (Fsp3) is 0.286. The second-order valence-corrected chi connectivity index (χ2v) is 10.1. The quantitative estimate of drug-likeness (QED) is 0.352. The van der Waals surface area contributed by atoms with Crippen molar-refractivity contribution in [2.24, 2.45) is 0 Å². The van der Waals surface area contributed by atoms with Crippen molar-refractivity contribution in [3.63, 3.8) is 0 Å². The minimum atomic E-state index is -0.529. The molecule has 3 aromatic heterocycles. The summed E-state index contributed by atoms with van der Waals surface area (Å²) in [6, 6.07) is 21.5. The van der Waals surface area contributed by atoms with Crippen LogP contribution in [0.2, 0.25) is 0 Å². The molecule has 0 radical (unpaired) electrons. The molecule has 5 rings (SSSR count). The van der Waals surface area contributed by atoms with Crippen LogP contribution in [0.25, 0.3) is 10.9 Å². The van der Waals surface area contributed by atoms with Crippen LogP contribution in [0.1, 0.15) is 55.1 Å². The molecule has 184 valence electrons. The Bertz CT molecular complexity index is 1510. The Balaban J connectivity index is 1.72. The summed E-state index contributed by atoms with van der Waals surface area (Å²) in [4.78, 5) is 18.9. The molecule has 2 aromatic carbocycles. The summed E-state index contributed by atoms with van der Waals surface area (Å²) in [5, 5.41) is 13.8. The molecular formula is C28H30N6O2. The Hall–Kier alpha value is -4.04. The standard InChI is InChI=1S/C28H30N6O2/c1-19-12-13-21-16-23(27(35)29-24(21)15-19)25(26-30-31-32-34(26)28(2,3)4)33(18-22-11-8-14-36-22)17-20-9-6-5-7-10-20/h5-16,25H,17-18H2,1-4H3,(H,29,35)/t25-/m1/s1. The van der Waals surface area contributed by atoms with Crippen molar-refractivity contribution in [2.45, 2.75) is 52.4 Å². The highest BCUT2D eigenvalue weighted by molar-refractivity contribution is 5.79. The zero-order chi connectivity index (χ0) is 25.3. The van der Waals surface area contributed by atoms with Gasteiger partial charge < -0.3 is 9.40 Å². The first-order valence-corrected chi connectivity index (χ1v) is 12.0. The predicted octanol–water partition coefficient (Wildman–Crippen LogP) is 4.96. The summed E-state index contributed by atoms with van der Waals surface area (Å²) in [5.74, 6) is 1.39. The molecule has 0 saturated heterocycles. The van der Waals surface area contributed by atoms with Crippen LogP contribution in [0.4, 0.5) is 0 Å². The number of furan rings is 1. The van der Waals surface area contributed by atoms with Gasteiger partial charge >= 0.3 is 0 Å². The highest BCUT2D eigenvalue weighted by atomic mass is 16.3. The van der Waals surface area contributed by atoms with Gasteiger partial charge in [-0.2, -0.15) is 0 Å². The first kappa shape index (κ1) is 23.7. The minimum absolute atomic E-state index is 0.168. The molecule has 0 amide bonds. The first-order valence-electron chi connectivity index (χ1n) is 12.0. The van der Waals surface area contributed by atoms with Crippen LogP contribution in [-0.4, -0.2) is 30.1 Å². The van der Waals surface area contributed by atoms with Gasteiger partial charge in [-0.25, -0.2) is 4.68 Å². The van der Waals surface area contributed by atoms with Gasteiger partial charge in [0.25, 0.3) is 5.56 Å². The monoisotopic (exact) mass is 482 g/mol. The SMILES string of the molecule is Cc1ccc2cc([C@H](c3nnnn3C(C)(C)C)N(Cc3ccccc3)Cc3ccco3)c(=O)[nH]c2c1. The molecule has 8 nitrogen and oxygen atoms in total. The normalized spacial score (nSPS) is 12.9. The molecule has 0 saturated carbocycles. The number of hydrogen-bond donors (Lipinski definition) is 1. The molecule has 0 aliphatic carbocycles. The number of pyridine rings is 1. The number of H-pyrrole nitrogens is 1. The lowest BCUT2D eigenvalue weighted by Crippen LogP contribution is -2.37. The Morgan fingerprint density at radius 1 is 1.03 bits per heavy atom. The van der Waals surface area contributed by atoms with Gasteiger partial charge in [0.2, 0.25) is 0 Å². The van der Waals surface area contributed by atoms with Crippen molar-refractivity contribution in [3.05, 3.63) is 112 Å². The maximum Gasteiger partial charge on any atom is 0.253 e. The largest absolute Gasteiger partial charge is 0.468 e. The van der Waals surface area contributed by atoms with Crippen LogP contribution in [-0.2, 0) is 18.6 Å². The van der Waals surface area contributed by atoms with E-state index in [1.807, 2.05) is 82.3 Å². The molecule has 1 atom stereocenters. The van der Waals surface area contributed by atoms with E-state index in [0.717, 1.165) is 27.8 Å². The number of rotatable bonds is 7. The maximum absolute atomic E-state index is 13.6. The van der Waals surface area contributed by atoms with Crippen LogP contribution in [0.3, 0.4) is 0 Å². The van der Waals surface area contributed by atoms with E-state index in [9.17, 15) is 4.79 Å². The van der Waals surface area contributed by atoms with E-state index in [1.165, 1.54) is 0 Å². The molecular weight excluding hydrogens is 452 g/mol. The van der Waals surface area contributed by atoms with Gasteiger partial charge in [0.1, 0.15) is 11.8 Å². The summed E-state index contributed by atoms with van der Waals surface area (Å²) in [6.45, 7) is 9.18. The van der Waals surface area contributed by atoms with Crippen LogP contribution < -0.4 is 5.56 Å². The third-order valence-corrected chi connectivity index (χ3v) is 6.23. The van der Waals surface area contributed by atoms with Crippen molar-refractivity contribution >= 4 is 10.9 Å². The Morgan fingerprint density at radius 3 is 2.56 bits per heavy atom. The van der Waals surface area contributed by atoms with Crippen LogP contribution in [0.15, 0.2) is 82.2 Å². The molecule has 36 heavy (non-hydrogen) atoms. The molecule has 5 aromatic rings. The number of aromatic amines is 1. The van der Waals surface area contributed by atoms with Crippen molar-refractivity contribution in [3.8, 4) is 0 Å². The fourth-order valence-corrected chi connectivity index (χ4v) is 4.54. The summed E-state index contributed by atoms with van der Waals surface area (Å²) in [7, 11) is 0. The molecule has 1 N–H and O–H groups in total. The first-order chi connectivity index (χ1) is 17.3. The van der Waals surface area contributed by atoms with Gasteiger partial charge in [0, 0.05) is 17.6 Å². The highest BCUT2D eigenvalue weighted by Gasteiger charge is 2.34. The molecule has 8 heteroatoms. The molecule has 0 bridgehead atoms. The third-order valence-electron chi connectivity index (χ3n) is 6.23. The highest BCUT2D eigenvalue weighted by Crippen LogP contribution is 2.32. The lowest BCUT2D eigenvalue weighted by atomic mass is 10.0. The second-order valence-electron chi connectivity index (χ2n) is 10.1. The number of hydrogen-bond acceptors (Lipinski definition) is 6. The zero-order valence-electron chi connectivity index (χ0n) is 21.0. The number of tetrazole rings is 1. The predicted molar refractivity (Wildman–Crippen MR) is 138 cm³/mol. The summed E-state index contributed by atoms with van der Waals surface area (Å²) >= 11 is 0. The van der Waals surface area contributed by atoms with E-state index in [-0.39, 0.29) is 11.1 Å². The number of aryl methyl sites for hydroxylation is 1. The Kier molecular flexibility index (Phi) is 6.28. The topological polar surface area (TPSA) is 92.8 Å². The van der Waals surface area contributed by atoms with Gasteiger partial charge in [-0.1, -0.05) is 42.5 Å². The lowest BCUT2D eigenvalue weighted by molar-refractivity contribution is 0.171. The van der Waals surface area contributed by atoms with Gasteiger partial charge in [-0.15, -0.1) is 5.10 Å². The van der Waals surface area contributed by atoms with E-state index in [1.54, 1.807) is 10.9 Å². The van der Waals surface area contributed by atoms with Crippen LogP contribution >= 0.6 is 0 Å². The molecule has 0 unspecified atom stereocenters. The summed E-state index contributed by atoms with van der Waals surface area (Å²) < 4.78 is 7.53. The van der Waals surface area contributed by atoms with Crippen molar-refractivity contribution < 1.29 is 4.42 Å². The smallest absolute Gasteiger partial charge is 0.253 e. The van der Waals surface area contributed by atoms with E-state index in [0.29, 0.717) is 24.5 Å². The molecule has 0 aliphatic heterocycles. The number of nitrogens with zero attached hydrogens (tertiary/aromatic N) is 5. The van der Waals surface area contributed by atoms with E-state index in [2.05, 4.69) is 37.5 Å². The van der Waals surface area contributed by atoms with Crippen molar-refractivity contribution in [1.29, 1.82) is 0 Å². The molecule has 3 heterocycles. The summed E-state index contributed by atoms with van der Waals surface area (Å²) in [5.41, 5.74) is 3.02. The lowest BCUT2D eigenvalue weighted by Gasteiger charge is -2.32. The summed E-state index contributed by atoms with van der Waals surface area (Å²) in [6.07, 6.45) is 1.66.